The first kappa shape index (κ1) is 18.2. The smallest absolute Gasteiger partial charge is 0.123 e. The predicted octanol–water partition coefficient (Wildman–Crippen LogP) is 7.28. The predicted molar refractivity (Wildman–Crippen MR) is 105 cm³/mol. The van der Waals surface area contributed by atoms with E-state index in [-0.39, 0.29) is 5.82 Å². The summed E-state index contributed by atoms with van der Waals surface area (Å²) >= 11 is 0. The van der Waals surface area contributed by atoms with Gasteiger partial charge < -0.3 is 0 Å². The summed E-state index contributed by atoms with van der Waals surface area (Å²) in [6, 6.07) is 15.6. The molecular weight excluding hydrogens is 307 g/mol. The highest BCUT2D eigenvalue weighted by Crippen LogP contribution is 2.36. The largest absolute Gasteiger partial charge is 0.207 e. The molecule has 0 amide bonds. The maximum Gasteiger partial charge on any atom is 0.123 e. The van der Waals surface area contributed by atoms with E-state index >= 15 is 0 Å². The van der Waals surface area contributed by atoms with E-state index in [1.54, 1.807) is 0 Å². The zero-order valence-corrected chi connectivity index (χ0v) is 15.7. The Kier molecular flexibility index (Phi) is 6.29. The fourth-order valence-electron chi connectivity index (χ4n) is 4.47. The highest BCUT2D eigenvalue weighted by atomic mass is 19.1. The molecule has 0 heterocycles. The molecule has 1 fully saturated rings. The van der Waals surface area contributed by atoms with Gasteiger partial charge in [-0.2, -0.15) is 0 Å². The van der Waals surface area contributed by atoms with Gasteiger partial charge >= 0.3 is 0 Å². The minimum atomic E-state index is -0.178. The van der Waals surface area contributed by atoms with Crippen LogP contribution in [-0.4, -0.2) is 0 Å². The fraction of sp³-hybridized carbons (Fsp3) is 0.500. The summed E-state index contributed by atoms with van der Waals surface area (Å²) in [4.78, 5) is 0. The van der Waals surface area contributed by atoms with E-state index < -0.39 is 0 Å². The summed E-state index contributed by atoms with van der Waals surface area (Å²) in [5.74, 6) is 2.47. The fourth-order valence-corrected chi connectivity index (χ4v) is 4.47. The number of halogens is 1. The summed E-state index contributed by atoms with van der Waals surface area (Å²) in [6.45, 7) is 4.74. The van der Waals surface area contributed by atoms with Crippen LogP contribution in [0.25, 0.3) is 11.1 Å². The Morgan fingerprint density at radius 3 is 2.00 bits per heavy atom. The zero-order valence-electron chi connectivity index (χ0n) is 15.7. The van der Waals surface area contributed by atoms with Gasteiger partial charge in [0.2, 0.25) is 0 Å². The topological polar surface area (TPSA) is 0 Å². The molecule has 1 atom stereocenters. The van der Waals surface area contributed by atoms with Crippen molar-refractivity contribution in [3.63, 3.8) is 0 Å². The van der Waals surface area contributed by atoms with Crippen molar-refractivity contribution in [2.75, 3.05) is 0 Å². The molecule has 1 unspecified atom stereocenters. The van der Waals surface area contributed by atoms with Gasteiger partial charge in [-0.3, -0.25) is 0 Å². The highest BCUT2D eigenvalue weighted by molar-refractivity contribution is 5.63. The molecule has 0 saturated heterocycles. The summed E-state index contributed by atoms with van der Waals surface area (Å²) in [7, 11) is 0. The van der Waals surface area contributed by atoms with Crippen molar-refractivity contribution in [2.45, 2.75) is 58.8 Å². The van der Waals surface area contributed by atoms with Gasteiger partial charge in [-0.05, 0) is 65.8 Å². The van der Waals surface area contributed by atoms with E-state index in [1.807, 2.05) is 12.1 Å². The van der Waals surface area contributed by atoms with Crippen molar-refractivity contribution in [3.8, 4) is 11.1 Å². The van der Waals surface area contributed by atoms with E-state index in [2.05, 4.69) is 38.1 Å². The Hall–Kier alpha value is -1.63. The maximum atomic E-state index is 13.1. The number of hydrogen-bond acceptors (Lipinski definition) is 0. The molecule has 0 aromatic heterocycles. The minimum absolute atomic E-state index is 0.178. The third kappa shape index (κ3) is 4.93. The lowest BCUT2D eigenvalue weighted by atomic mass is 9.74. The second-order valence-corrected chi connectivity index (χ2v) is 7.95. The molecule has 2 aromatic carbocycles. The summed E-state index contributed by atoms with van der Waals surface area (Å²) in [5.41, 5.74) is 3.67. The SMILES string of the molecule is CCCC1CCC(C(C)Cc2ccc(-c3ccc(F)cc3)cc2)CC1. The van der Waals surface area contributed by atoms with Crippen molar-refractivity contribution in [2.24, 2.45) is 17.8 Å². The first-order valence-corrected chi connectivity index (χ1v) is 10.0. The zero-order chi connectivity index (χ0) is 17.6. The highest BCUT2D eigenvalue weighted by Gasteiger charge is 2.24. The summed E-state index contributed by atoms with van der Waals surface area (Å²) < 4.78 is 13.1. The van der Waals surface area contributed by atoms with Gasteiger partial charge in [0.25, 0.3) is 0 Å². The molecule has 0 radical (unpaired) electrons. The standard InChI is InChI=1S/C24H31F/c1-3-4-19-5-9-21(10-6-19)18(2)17-20-7-11-22(12-8-20)23-13-15-24(25)16-14-23/h7-8,11-16,18-19,21H,3-6,9-10,17H2,1-2H3. The lowest BCUT2D eigenvalue weighted by Gasteiger charge is -2.32. The molecule has 3 rings (SSSR count). The third-order valence-corrected chi connectivity index (χ3v) is 6.08. The first-order valence-electron chi connectivity index (χ1n) is 10.0. The Labute approximate surface area is 152 Å². The van der Waals surface area contributed by atoms with E-state index in [0.29, 0.717) is 0 Å². The van der Waals surface area contributed by atoms with Crippen molar-refractivity contribution in [1.29, 1.82) is 0 Å². The van der Waals surface area contributed by atoms with Gasteiger partial charge in [0, 0.05) is 0 Å². The molecule has 1 aliphatic carbocycles. The van der Waals surface area contributed by atoms with Crippen LogP contribution in [0.3, 0.4) is 0 Å². The third-order valence-electron chi connectivity index (χ3n) is 6.08. The van der Waals surface area contributed by atoms with Crippen LogP contribution >= 0.6 is 0 Å². The molecule has 1 saturated carbocycles. The van der Waals surface area contributed by atoms with Crippen molar-refractivity contribution in [3.05, 3.63) is 59.9 Å². The van der Waals surface area contributed by atoms with Crippen molar-refractivity contribution >= 4 is 0 Å². The van der Waals surface area contributed by atoms with Crippen LogP contribution in [-0.2, 0) is 6.42 Å². The summed E-state index contributed by atoms with van der Waals surface area (Å²) in [6.07, 6.45) is 9.64. The second-order valence-electron chi connectivity index (χ2n) is 7.95. The molecule has 0 nitrogen and oxygen atoms in total. The maximum absolute atomic E-state index is 13.1. The molecule has 1 heteroatoms. The Morgan fingerprint density at radius 2 is 1.44 bits per heavy atom. The average molecular weight is 339 g/mol. The van der Waals surface area contributed by atoms with Crippen molar-refractivity contribution < 1.29 is 4.39 Å². The summed E-state index contributed by atoms with van der Waals surface area (Å²) in [5, 5.41) is 0. The molecule has 0 N–H and O–H groups in total. The molecule has 25 heavy (non-hydrogen) atoms. The molecule has 0 bridgehead atoms. The first-order chi connectivity index (χ1) is 12.2. The van der Waals surface area contributed by atoms with E-state index in [9.17, 15) is 4.39 Å². The van der Waals surface area contributed by atoms with Gasteiger partial charge in [-0.25, -0.2) is 4.39 Å². The molecule has 2 aromatic rings. The van der Waals surface area contributed by atoms with Gasteiger partial charge in [-0.1, -0.05) is 75.9 Å². The Morgan fingerprint density at radius 1 is 0.880 bits per heavy atom. The van der Waals surface area contributed by atoms with Gasteiger partial charge in [0.1, 0.15) is 5.82 Å². The average Bonchev–Trinajstić information content (AvgIpc) is 2.64. The number of rotatable bonds is 6. The molecule has 0 spiro atoms. The Bertz CT molecular complexity index is 633. The van der Waals surface area contributed by atoms with Crippen LogP contribution in [0, 0.1) is 23.6 Å². The quantitative estimate of drug-likeness (QED) is 0.519. The molecule has 1 aliphatic rings. The van der Waals surface area contributed by atoms with Crippen LogP contribution in [0.5, 0.6) is 0 Å². The molecule has 134 valence electrons. The van der Waals surface area contributed by atoms with Crippen LogP contribution < -0.4 is 0 Å². The van der Waals surface area contributed by atoms with E-state index in [0.717, 1.165) is 28.9 Å². The van der Waals surface area contributed by atoms with E-state index in [4.69, 9.17) is 0 Å². The lowest BCUT2D eigenvalue weighted by molar-refractivity contribution is 0.206. The van der Waals surface area contributed by atoms with Crippen LogP contribution in [0.4, 0.5) is 4.39 Å². The van der Waals surface area contributed by atoms with Crippen LogP contribution in [0.15, 0.2) is 48.5 Å². The molecule has 0 aliphatic heterocycles. The Balaban J connectivity index is 1.55. The van der Waals surface area contributed by atoms with Crippen LogP contribution in [0.2, 0.25) is 0 Å². The number of benzene rings is 2. The van der Waals surface area contributed by atoms with Crippen LogP contribution in [0.1, 0.15) is 57.9 Å². The van der Waals surface area contributed by atoms with Gasteiger partial charge in [-0.15, -0.1) is 0 Å². The number of hydrogen-bond donors (Lipinski definition) is 0. The molecular formula is C24H31F. The normalized spacial score (nSPS) is 21.9. The van der Waals surface area contributed by atoms with E-state index in [1.165, 1.54) is 62.6 Å². The van der Waals surface area contributed by atoms with Gasteiger partial charge in [0.05, 0.1) is 0 Å². The van der Waals surface area contributed by atoms with Gasteiger partial charge in [0.15, 0.2) is 0 Å². The monoisotopic (exact) mass is 338 g/mol. The second kappa shape index (κ2) is 8.65. The van der Waals surface area contributed by atoms with Crippen molar-refractivity contribution in [1.82, 2.24) is 0 Å². The minimum Gasteiger partial charge on any atom is -0.207 e. The lowest BCUT2D eigenvalue weighted by Crippen LogP contribution is -2.21.